The van der Waals surface area contributed by atoms with Crippen molar-refractivity contribution in [3.05, 3.63) is 59.9 Å². The number of fused-ring (bicyclic) bond motifs is 1. The van der Waals surface area contributed by atoms with Crippen molar-refractivity contribution in [3.63, 3.8) is 0 Å². The molecule has 2 N–H and O–H groups in total. The molecular formula is C15H12N4O2. The van der Waals surface area contributed by atoms with E-state index in [2.05, 4.69) is 20.3 Å². The zero-order valence-corrected chi connectivity index (χ0v) is 11.0. The molecule has 0 fully saturated rings. The van der Waals surface area contributed by atoms with E-state index in [4.69, 9.17) is 5.11 Å². The molecule has 0 aliphatic rings. The maximum absolute atomic E-state index is 10.9. The molecule has 2 heterocycles. The van der Waals surface area contributed by atoms with Crippen LogP contribution in [0.15, 0.2) is 48.8 Å². The minimum Gasteiger partial charge on any atom is -0.478 e. The van der Waals surface area contributed by atoms with E-state index in [0.717, 1.165) is 11.1 Å². The number of carboxylic acids is 1. The summed E-state index contributed by atoms with van der Waals surface area (Å²) in [5, 5.41) is 12.1. The number of rotatable bonds is 4. The van der Waals surface area contributed by atoms with Crippen LogP contribution in [0.2, 0.25) is 0 Å². The fourth-order valence-corrected chi connectivity index (χ4v) is 1.96. The molecule has 104 valence electrons. The normalized spacial score (nSPS) is 10.5. The van der Waals surface area contributed by atoms with Gasteiger partial charge in [0, 0.05) is 18.9 Å². The first-order valence-electron chi connectivity index (χ1n) is 6.36. The number of carbonyl (C=O) groups is 1. The van der Waals surface area contributed by atoms with Crippen molar-refractivity contribution in [2.24, 2.45) is 0 Å². The van der Waals surface area contributed by atoms with E-state index < -0.39 is 5.97 Å². The highest BCUT2D eigenvalue weighted by atomic mass is 16.4. The molecule has 0 unspecified atom stereocenters. The van der Waals surface area contributed by atoms with Crippen LogP contribution in [-0.4, -0.2) is 26.0 Å². The third-order valence-corrected chi connectivity index (χ3v) is 2.98. The van der Waals surface area contributed by atoms with E-state index in [1.165, 1.54) is 0 Å². The highest BCUT2D eigenvalue weighted by Crippen LogP contribution is 2.12. The zero-order valence-electron chi connectivity index (χ0n) is 11.0. The molecule has 1 aromatic carbocycles. The quantitative estimate of drug-likeness (QED) is 0.762. The largest absolute Gasteiger partial charge is 0.478 e. The average molecular weight is 280 g/mol. The molecule has 2 aromatic heterocycles. The summed E-state index contributed by atoms with van der Waals surface area (Å²) in [6.45, 7) is 0.486. The summed E-state index contributed by atoms with van der Waals surface area (Å²) in [5.41, 5.74) is 2.44. The number of aromatic carboxylic acids is 1. The number of pyridine rings is 1. The number of aromatic nitrogens is 3. The molecule has 0 saturated carbocycles. The third-order valence-electron chi connectivity index (χ3n) is 2.98. The molecule has 0 radical (unpaired) electrons. The molecule has 21 heavy (non-hydrogen) atoms. The second-order valence-electron chi connectivity index (χ2n) is 4.45. The fraction of sp³-hybridized carbons (Fsp3) is 0.0667. The van der Waals surface area contributed by atoms with Crippen molar-refractivity contribution < 1.29 is 9.90 Å². The van der Waals surface area contributed by atoms with E-state index >= 15 is 0 Å². The van der Waals surface area contributed by atoms with Gasteiger partial charge in [0.1, 0.15) is 11.3 Å². The van der Waals surface area contributed by atoms with Gasteiger partial charge >= 0.3 is 5.97 Å². The van der Waals surface area contributed by atoms with E-state index in [9.17, 15) is 4.79 Å². The lowest BCUT2D eigenvalue weighted by atomic mass is 10.1. The molecule has 0 spiro atoms. The van der Waals surface area contributed by atoms with Gasteiger partial charge in [0.05, 0.1) is 5.56 Å². The lowest BCUT2D eigenvalue weighted by molar-refractivity contribution is 0.0697. The van der Waals surface area contributed by atoms with E-state index in [1.807, 2.05) is 18.2 Å². The summed E-state index contributed by atoms with van der Waals surface area (Å²) in [6.07, 6.45) is 3.21. The Bertz CT molecular complexity index is 804. The molecule has 3 rings (SSSR count). The van der Waals surface area contributed by atoms with E-state index in [1.54, 1.807) is 30.6 Å². The van der Waals surface area contributed by atoms with Crippen molar-refractivity contribution in [1.29, 1.82) is 0 Å². The number of nitrogens with zero attached hydrogens (tertiary/aromatic N) is 3. The van der Waals surface area contributed by atoms with Gasteiger partial charge in [-0.3, -0.25) is 4.98 Å². The van der Waals surface area contributed by atoms with Gasteiger partial charge in [-0.25, -0.2) is 14.8 Å². The zero-order chi connectivity index (χ0) is 14.7. The van der Waals surface area contributed by atoms with Crippen LogP contribution < -0.4 is 5.32 Å². The second-order valence-corrected chi connectivity index (χ2v) is 4.45. The smallest absolute Gasteiger partial charge is 0.335 e. The summed E-state index contributed by atoms with van der Waals surface area (Å²) in [7, 11) is 0. The monoisotopic (exact) mass is 280 g/mol. The lowest BCUT2D eigenvalue weighted by Crippen LogP contribution is -2.04. The van der Waals surface area contributed by atoms with Gasteiger partial charge < -0.3 is 10.4 Å². The van der Waals surface area contributed by atoms with Gasteiger partial charge in [0.25, 0.3) is 0 Å². The van der Waals surface area contributed by atoms with Crippen molar-refractivity contribution in [3.8, 4) is 0 Å². The predicted octanol–water partition coefficient (Wildman–Crippen LogP) is 2.34. The molecule has 6 nitrogen and oxygen atoms in total. The van der Waals surface area contributed by atoms with Gasteiger partial charge in [-0.1, -0.05) is 12.1 Å². The second kappa shape index (κ2) is 5.54. The Hall–Kier alpha value is -3.02. The Morgan fingerprint density at radius 3 is 2.86 bits per heavy atom. The summed E-state index contributed by atoms with van der Waals surface area (Å²) >= 11 is 0. The Kier molecular flexibility index (Phi) is 3.42. The van der Waals surface area contributed by atoms with Crippen LogP contribution in [-0.2, 0) is 6.54 Å². The number of anilines is 1. The summed E-state index contributed by atoms with van der Waals surface area (Å²) in [6, 6.07) is 10.4. The van der Waals surface area contributed by atoms with Gasteiger partial charge in [0.2, 0.25) is 0 Å². The maximum Gasteiger partial charge on any atom is 0.335 e. The van der Waals surface area contributed by atoms with Gasteiger partial charge in [0.15, 0.2) is 5.65 Å². The topological polar surface area (TPSA) is 88.0 Å². The van der Waals surface area contributed by atoms with Crippen molar-refractivity contribution in [1.82, 2.24) is 15.0 Å². The van der Waals surface area contributed by atoms with Crippen LogP contribution in [0.5, 0.6) is 0 Å². The fourth-order valence-electron chi connectivity index (χ4n) is 1.96. The Balaban J connectivity index is 1.77. The molecule has 0 aliphatic carbocycles. The van der Waals surface area contributed by atoms with E-state index in [0.29, 0.717) is 18.0 Å². The predicted molar refractivity (Wildman–Crippen MR) is 78.1 cm³/mol. The molecule has 6 heteroatoms. The molecule has 3 aromatic rings. The maximum atomic E-state index is 10.9. The molecule has 0 bridgehead atoms. The molecule has 0 saturated heterocycles. The van der Waals surface area contributed by atoms with Gasteiger partial charge in [-0.2, -0.15) is 0 Å². The molecular weight excluding hydrogens is 268 g/mol. The number of carboxylic acid groups (broad SMARTS) is 1. The molecule has 0 amide bonds. The van der Waals surface area contributed by atoms with Crippen LogP contribution in [0, 0.1) is 0 Å². The van der Waals surface area contributed by atoms with Crippen LogP contribution in [0.3, 0.4) is 0 Å². The van der Waals surface area contributed by atoms with Crippen LogP contribution >= 0.6 is 0 Å². The van der Waals surface area contributed by atoms with Gasteiger partial charge in [-0.05, 0) is 29.8 Å². The first kappa shape index (κ1) is 13.0. The van der Waals surface area contributed by atoms with Crippen LogP contribution in [0.1, 0.15) is 15.9 Å². The molecule has 0 aliphatic heterocycles. The third kappa shape index (κ3) is 2.94. The molecule has 0 atom stereocenters. The van der Waals surface area contributed by atoms with Crippen molar-refractivity contribution in [2.75, 3.05) is 5.32 Å². The average Bonchev–Trinajstić information content (AvgIpc) is 2.53. The number of hydrogen-bond donors (Lipinski definition) is 2. The first-order chi connectivity index (χ1) is 10.2. The van der Waals surface area contributed by atoms with Crippen LogP contribution in [0.25, 0.3) is 11.2 Å². The lowest BCUT2D eigenvalue weighted by Gasteiger charge is -2.07. The minimum atomic E-state index is -0.934. The Morgan fingerprint density at radius 2 is 2.00 bits per heavy atom. The minimum absolute atomic E-state index is 0.270. The number of benzene rings is 1. The van der Waals surface area contributed by atoms with E-state index in [-0.39, 0.29) is 5.56 Å². The van der Waals surface area contributed by atoms with Gasteiger partial charge in [-0.15, -0.1) is 0 Å². The van der Waals surface area contributed by atoms with Crippen molar-refractivity contribution in [2.45, 2.75) is 6.54 Å². The Labute approximate surface area is 120 Å². The van der Waals surface area contributed by atoms with Crippen LogP contribution in [0.4, 0.5) is 5.82 Å². The summed E-state index contributed by atoms with van der Waals surface area (Å²) in [4.78, 5) is 23.6. The van der Waals surface area contributed by atoms with Crippen molar-refractivity contribution >= 4 is 23.0 Å². The first-order valence-corrected chi connectivity index (χ1v) is 6.36. The standard InChI is InChI=1S/C15H12N4O2/c20-15(21)11-3-1-2-10(8-11)9-18-13-5-4-12-14(19-13)17-7-6-16-12/h1-8H,9H2,(H,20,21)(H,17,18,19). The number of hydrogen-bond acceptors (Lipinski definition) is 5. The SMILES string of the molecule is O=C(O)c1cccc(CNc2ccc3nccnc3n2)c1. The highest BCUT2D eigenvalue weighted by molar-refractivity contribution is 5.87. The highest BCUT2D eigenvalue weighted by Gasteiger charge is 2.04. The number of nitrogens with one attached hydrogen (secondary N) is 1. The summed E-state index contributed by atoms with van der Waals surface area (Å²) < 4.78 is 0. The Morgan fingerprint density at radius 1 is 1.14 bits per heavy atom. The summed E-state index contributed by atoms with van der Waals surface area (Å²) in [5.74, 6) is -0.264.